The van der Waals surface area contributed by atoms with E-state index in [0.717, 1.165) is 17.3 Å². The number of benzene rings is 1. The summed E-state index contributed by atoms with van der Waals surface area (Å²) in [4.78, 5) is 0. The third-order valence-corrected chi connectivity index (χ3v) is 3.26. The first-order valence-electron chi connectivity index (χ1n) is 4.37. The van der Waals surface area contributed by atoms with Crippen molar-refractivity contribution in [2.75, 3.05) is 0 Å². The van der Waals surface area contributed by atoms with Crippen LogP contribution in [0.4, 0.5) is 4.39 Å². The quantitative estimate of drug-likeness (QED) is 0.807. The minimum Gasteiger partial charge on any atom is -0.328 e. The van der Waals surface area contributed by atoms with Crippen molar-refractivity contribution in [3.8, 4) is 0 Å². The van der Waals surface area contributed by atoms with Gasteiger partial charge in [-0.1, -0.05) is 22.0 Å². The predicted molar refractivity (Wildman–Crippen MR) is 54.1 cm³/mol. The van der Waals surface area contributed by atoms with E-state index in [2.05, 4.69) is 15.9 Å². The van der Waals surface area contributed by atoms with Crippen molar-refractivity contribution in [1.29, 1.82) is 0 Å². The third kappa shape index (κ3) is 1.76. The van der Waals surface area contributed by atoms with Crippen LogP contribution in [0.2, 0.25) is 0 Å². The molecule has 0 unspecified atom stereocenters. The van der Waals surface area contributed by atoms with Crippen molar-refractivity contribution in [2.45, 2.75) is 24.8 Å². The molecule has 0 heterocycles. The van der Waals surface area contributed by atoms with Gasteiger partial charge in [-0.05, 0) is 36.5 Å². The van der Waals surface area contributed by atoms with E-state index in [9.17, 15) is 4.39 Å². The van der Waals surface area contributed by atoms with Crippen molar-refractivity contribution in [1.82, 2.24) is 0 Å². The molecule has 1 fully saturated rings. The summed E-state index contributed by atoms with van der Waals surface area (Å²) < 4.78 is 13.6. The van der Waals surface area contributed by atoms with E-state index >= 15 is 0 Å². The van der Waals surface area contributed by atoms with Crippen molar-refractivity contribution >= 4 is 15.9 Å². The Labute approximate surface area is 85.3 Å². The summed E-state index contributed by atoms with van der Waals surface area (Å²) in [5.74, 6) is 0.323. The summed E-state index contributed by atoms with van der Waals surface area (Å²) >= 11 is 3.36. The first kappa shape index (κ1) is 9.16. The summed E-state index contributed by atoms with van der Waals surface area (Å²) in [6.07, 6.45) is 2.04. The summed E-state index contributed by atoms with van der Waals surface area (Å²) in [6, 6.07) is 5.20. The number of nitrogens with two attached hydrogens (primary N) is 1. The minimum absolute atomic E-state index is 0.195. The van der Waals surface area contributed by atoms with Gasteiger partial charge in [0.2, 0.25) is 0 Å². The molecule has 0 saturated heterocycles. The average molecular weight is 244 g/mol. The highest BCUT2D eigenvalue weighted by atomic mass is 79.9. The highest BCUT2D eigenvalue weighted by Crippen LogP contribution is 2.39. The first-order chi connectivity index (χ1) is 6.16. The van der Waals surface area contributed by atoms with E-state index in [1.165, 1.54) is 17.7 Å². The van der Waals surface area contributed by atoms with Crippen LogP contribution in [0, 0.1) is 5.82 Å². The van der Waals surface area contributed by atoms with Gasteiger partial charge < -0.3 is 5.73 Å². The van der Waals surface area contributed by atoms with Gasteiger partial charge in [0.15, 0.2) is 0 Å². The predicted octanol–water partition coefficient (Wildman–Crippen LogP) is 2.79. The second kappa shape index (κ2) is 3.39. The Kier molecular flexibility index (Phi) is 2.39. The fourth-order valence-corrected chi connectivity index (χ4v) is 2.42. The van der Waals surface area contributed by atoms with E-state index in [1.54, 1.807) is 0 Å². The number of hydrogen-bond donors (Lipinski definition) is 1. The normalized spacial score (nSPS) is 27.0. The molecule has 2 N–H and O–H groups in total. The van der Waals surface area contributed by atoms with Crippen molar-refractivity contribution in [3.05, 3.63) is 34.1 Å². The first-order valence-corrected chi connectivity index (χ1v) is 5.16. The molecule has 0 aliphatic heterocycles. The molecule has 0 spiro atoms. The fourth-order valence-electron chi connectivity index (χ4n) is 1.75. The molecule has 0 bridgehead atoms. The van der Waals surface area contributed by atoms with Crippen molar-refractivity contribution in [3.63, 3.8) is 0 Å². The molecule has 0 amide bonds. The highest BCUT2D eigenvalue weighted by Gasteiger charge is 2.28. The smallest absolute Gasteiger partial charge is 0.124 e. The van der Waals surface area contributed by atoms with Gasteiger partial charge in [-0.2, -0.15) is 0 Å². The molecule has 1 aromatic carbocycles. The van der Waals surface area contributed by atoms with Crippen molar-refractivity contribution < 1.29 is 4.39 Å². The molecule has 0 radical (unpaired) electrons. The van der Waals surface area contributed by atoms with Gasteiger partial charge in [0.1, 0.15) is 5.82 Å². The van der Waals surface area contributed by atoms with Crippen LogP contribution in [0.25, 0.3) is 0 Å². The van der Waals surface area contributed by atoms with Crippen LogP contribution >= 0.6 is 15.9 Å². The van der Waals surface area contributed by atoms with Gasteiger partial charge in [-0.15, -0.1) is 0 Å². The van der Waals surface area contributed by atoms with E-state index < -0.39 is 0 Å². The Morgan fingerprint density at radius 3 is 2.62 bits per heavy atom. The largest absolute Gasteiger partial charge is 0.328 e. The Hall–Kier alpha value is -0.410. The number of hydrogen-bond acceptors (Lipinski definition) is 1. The SMILES string of the molecule is NC1CC(c2ccc(F)cc2Br)C1. The lowest BCUT2D eigenvalue weighted by atomic mass is 9.76. The lowest BCUT2D eigenvalue weighted by Crippen LogP contribution is -2.34. The monoisotopic (exact) mass is 243 g/mol. The maximum atomic E-state index is 12.8. The van der Waals surface area contributed by atoms with Crippen molar-refractivity contribution in [2.24, 2.45) is 5.73 Å². The molecular weight excluding hydrogens is 233 g/mol. The molecule has 1 aromatic rings. The van der Waals surface area contributed by atoms with Crippen LogP contribution in [-0.4, -0.2) is 6.04 Å². The molecule has 70 valence electrons. The van der Waals surface area contributed by atoms with Gasteiger partial charge >= 0.3 is 0 Å². The minimum atomic E-state index is -0.195. The molecule has 1 aliphatic carbocycles. The van der Waals surface area contributed by atoms with Gasteiger partial charge in [0.05, 0.1) is 0 Å². The molecule has 0 atom stereocenters. The third-order valence-electron chi connectivity index (χ3n) is 2.58. The van der Waals surface area contributed by atoms with E-state index in [-0.39, 0.29) is 5.82 Å². The van der Waals surface area contributed by atoms with Crippen LogP contribution in [0.3, 0.4) is 0 Å². The Balaban J connectivity index is 2.21. The zero-order valence-electron chi connectivity index (χ0n) is 7.13. The van der Waals surface area contributed by atoms with Crippen LogP contribution in [-0.2, 0) is 0 Å². The molecule has 0 aromatic heterocycles. The highest BCUT2D eigenvalue weighted by molar-refractivity contribution is 9.10. The molecular formula is C10H11BrFN. The molecule has 1 nitrogen and oxygen atoms in total. The summed E-state index contributed by atoms with van der Waals surface area (Å²) in [5, 5.41) is 0. The fraction of sp³-hybridized carbons (Fsp3) is 0.400. The lowest BCUT2D eigenvalue weighted by Gasteiger charge is -2.33. The Bertz CT molecular complexity index is 321. The number of halogens is 2. The Morgan fingerprint density at radius 2 is 2.08 bits per heavy atom. The van der Waals surface area contributed by atoms with Gasteiger partial charge in [-0.3, -0.25) is 0 Å². The average Bonchev–Trinajstić information content (AvgIpc) is 2.00. The van der Waals surface area contributed by atoms with E-state index in [0.29, 0.717) is 12.0 Å². The van der Waals surface area contributed by atoms with Crippen LogP contribution in [0.15, 0.2) is 22.7 Å². The number of rotatable bonds is 1. The standard InChI is InChI=1S/C10H11BrFN/c11-10-5-7(12)1-2-9(10)6-3-8(13)4-6/h1-2,5-6,8H,3-4,13H2. The van der Waals surface area contributed by atoms with Gasteiger partial charge in [0, 0.05) is 10.5 Å². The molecule has 1 aliphatic rings. The molecule has 2 rings (SSSR count). The van der Waals surface area contributed by atoms with E-state index in [4.69, 9.17) is 5.73 Å². The maximum Gasteiger partial charge on any atom is 0.124 e. The van der Waals surface area contributed by atoms with Gasteiger partial charge in [0.25, 0.3) is 0 Å². The van der Waals surface area contributed by atoms with Gasteiger partial charge in [-0.25, -0.2) is 4.39 Å². The molecule has 1 saturated carbocycles. The second-order valence-corrected chi connectivity index (χ2v) is 4.45. The van der Waals surface area contributed by atoms with Crippen LogP contribution < -0.4 is 5.73 Å². The lowest BCUT2D eigenvalue weighted by molar-refractivity contribution is 0.350. The molecule has 3 heteroatoms. The topological polar surface area (TPSA) is 26.0 Å². The van der Waals surface area contributed by atoms with Crippen LogP contribution in [0.5, 0.6) is 0 Å². The summed E-state index contributed by atoms with van der Waals surface area (Å²) in [5.41, 5.74) is 6.88. The summed E-state index contributed by atoms with van der Waals surface area (Å²) in [6.45, 7) is 0. The maximum absolute atomic E-state index is 12.8. The summed E-state index contributed by atoms with van der Waals surface area (Å²) in [7, 11) is 0. The second-order valence-electron chi connectivity index (χ2n) is 3.59. The van der Waals surface area contributed by atoms with E-state index in [1.807, 2.05) is 6.07 Å². The Morgan fingerprint density at radius 1 is 1.38 bits per heavy atom. The zero-order chi connectivity index (χ0) is 9.42. The molecule has 13 heavy (non-hydrogen) atoms. The van der Waals surface area contributed by atoms with Crippen LogP contribution in [0.1, 0.15) is 24.3 Å². The zero-order valence-corrected chi connectivity index (χ0v) is 8.72.